The highest BCUT2D eigenvalue weighted by molar-refractivity contribution is 5.81. The van der Waals surface area contributed by atoms with Crippen molar-refractivity contribution in [2.45, 2.75) is 32.6 Å². The Morgan fingerprint density at radius 3 is 2.45 bits per heavy atom. The van der Waals surface area contributed by atoms with Gasteiger partial charge in [-0.25, -0.2) is 4.79 Å². The van der Waals surface area contributed by atoms with E-state index in [1.54, 1.807) is 12.1 Å². The van der Waals surface area contributed by atoms with Crippen LogP contribution in [0.25, 0.3) is 0 Å². The fourth-order valence-corrected chi connectivity index (χ4v) is 1.55. The average Bonchev–Trinajstić information content (AvgIpc) is 2.43. The van der Waals surface area contributed by atoms with Gasteiger partial charge in [0.05, 0.1) is 6.61 Å². The number of esters is 2. The first kappa shape index (κ1) is 16.0. The zero-order valence-corrected chi connectivity index (χ0v) is 11.9. The van der Waals surface area contributed by atoms with Crippen LogP contribution in [0.4, 0.5) is 0 Å². The lowest BCUT2D eigenvalue weighted by molar-refractivity contribution is -0.140. The van der Waals surface area contributed by atoms with Crippen molar-refractivity contribution < 1.29 is 19.1 Å². The molecule has 0 unspecified atom stereocenters. The van der Waals surface area contributed by atoms with E-state index in [1.807, 2.05) is 12.1 Å². The third kappa shape index (κ3) is 5.69. The van der Waals surface area contributed by atoms with Crippen LogP contribution in [-0.4, -0.2) is 18.5 Å². The summed E-state index contributed by atoms with van der Waals surface area (Å²) >= 11 is 0. The lowest BCUT2D eigenvalue weighted by atomic mass is 10.0. The molecule has 0 saturated carbocycles. The predicted octanol–water partition coefficient (Wildman–Crippen LogP) is 3.22. The van der Waals surface area contributed by atoms with Crippen LogP contribution in [0, 0.1) is 0 Å². The molecule has 0 aromatic heterocycles. The first-order chi connectivity index (χ1) is 9.52. The average molecular weight is 276 g/mol. The molecule has 1 rings (SSSR count). The van der Waals surface area contributed by atoms with E-state index in [1.165, 1.54) is 5.56 Å². The van der Waals surface area contributed by atoms with Crippen molar-refractivity contribution >= 4 is 11.9 Å². The van der Waals surface area contributed by atoms with E-state index in [-0.39, 0.29) is 19.0 Å². The van der Waals surface area contributed by atoms with Gasteiger partial charge in [-0.2, -0.15) is 0 Å². The second-order valence-electron chi connectivity index (χ2n) is 4.67. The molecule has 0 bridgehead atoms. The Morgan fingerprint density at radius 1 is 1.25 bits per heavy atom. The monoisotopic (exact) mass is 276 g/mol. The Morgan fingerprint density at radius 2 is 1.90 bits per heavy atom. The van der Waals surface area contributed by atoms with E-state index >= 15 is 0 Å². The third-order valence-corrected chi connectivity index (χ3v) is 2.71. The van der Waals surface area contributed by atoms with Gasteiger partial charge >= 0.3 is 11.9 Å². The molecule has 0 heterocycles. The van der Waals surface area contributed by atoms with Crippen LogP contribution in [0.5, 0.6) is 5.75 Å². The molecule has 0 aliphatic rings. The molecular weight excluding hydrogens is 256 g/mol. The molecule has 0 fully saturated rings. The third-order valence-electron chi connectivity index (χ3n) is 2.71. The van der Waals surface area contributed by atoms with E-state index in [9.17, 15) is 9.59 Å². The van der Waals surface area contributed by atoms with E-state index < -0.39 is 5.97 Å². The number of hydrogen-bond donors (Lipinski definition) is 0. The lowest BCUT2D eigenvalue weighted by Gasteiger charge is -2.07. The van der Waals surface area contributed by atoms with Crippen molar-refractivity contribution in [1.29, 1.82) is 0 Å². The second-order valence-corrected chi connectivity index (χ2v) is 4.67. The number of carbonyl (C=O) groups is 2. The molecule has 0 amide bonds. The smallest absolute Gasteiger partial charge is 0.330 e. The van der Waals surface area contributed by atoms with Crippen molar-refractivity contribution in [2.24, 2.45) is 0 Å². The molecule has 0 aliphatic carbocycles. The molecule has 4 heteroatoms. The maximum atomic E-state index is 11.6. The minimum atomic E-state index is -0.484. The van der Waals surface area contributed by atoms with Gasteiger partial charge in [-0.1, -0.05) is 32.6 Å². The summed E-state index contributed by atoms with van der Waals surface area (Å²) in [5.74, 6) is 0.154. The molecule has 1 aromatic carbocycles. The molecular formula is C16H20O4. The molecule has 0 saturated heterocycles. The molecule has 108 valence electrons. The highest BCUT2D eigenvalue weighted by Gasteiger charge is 2.06. The fourth-order valence-electron chi connectivity index (χ4n) is 1.55. The van der Waals surface area contributed by atoms with Crippen LogP contribution in [0.3, 0.4) is 0 Å². The summed E-state index contributed by atoms with van der Waals surface area (Å²) in [6.07, 6.45) is 1.73. The Bertz CT molecular complexity index is 460. The molecule has 0 atom stereocenters. The normalized spacial score (nSPS) is 10.2. The molecule has 4 nitrogen and oxygen atoms in total. The van der Waals surface area contributed by atoms with E-state index in [2.05, 4.69) is 20.4 Å². The largest absolute Gasteiger partial charge is 0.463 e. The SMILES string of the molecule is C=CC(=O)OCCCC(=O)Oc1ccc(C(C)C)cc1. The Balaban J connectivity index is 2.31. The molecule has 0 radical (unpaired) electrons. The number of hydrogen-bond acceptors (Lipinski definition) is 4. The van der Waals surface area contributed by atoms with Crippen molar-refractivity contribution in [3.05, 3.63) is 42.5 Å². The Labute approximate surface area is 119 Å². The van der Waals surface area contributed by atoms with Gasteiger partial charge in [-0.3, -0.25) is 4.79 Å². The molecule has 0 spiro atoms. The van der Waals surface area contributed by atoms with E-state index in [4.69, 9.17) is 9.47 Å². The Kier molecular flexibility index (Phi) is 6.50. The van der Waals surface area contributed by atoms with Gasteiger partial charge in [0.2, 0.25) is 0 Å². The van der Waals surface area contributed by atoms with Gasteiger partial charge in [0.1, 0.15) is 5.75 Å². The Hall–Kier alpha value is -2.10. The van der Waals surface area contributed by atoms with Crippen LogP contribution < -0.4 is 4.74 Å². The fraction of sp³-hybridized carbons (Fsp3) is 0.375. The van der Waals surface area contributed by atoms with Crippen LogP contribution in [-0.2, 0) is 14.3 Å². The van der Waals surface area contributed by atoms with E-state index in [0.29, 0.717) is 18.1 Å². The molecule has 0 N–H and O–H groups in total. The highest BCUT2D eigenvalue weighted by atomic mass is 16.5. The number of ether oxygens (including phenoxy) is 2. The van der Waals surface area contributed by atoms with Crippen LogP contribution in [0.1, 0.15) is 38.2 Å². The molecule has 20 heavy (non-hydrogen) atoms. The zero-order chi connectivity index (χ0) is 15.0. The topological polar surface area (TPSA) is 52.6 Å². The number of rotatable bonds is 7. The second kappa shape index (κ2) is 8.15. The minimum absolute atomic E-state index is 0.187. The van der Waals surface area contributed by atoms with Gasteiger partial charge < -0.3 is 9.47 Å². The van der Waals surface area contributed by atoms with Gasteiger partial charge in [0, 0.05) is 12.5 Å². The highest BCUT2D eigenvalue weighted by Crippen LogP contribution is 2.18. The predicted molar refractivity (Wildman–Crippen MR) is 76.6 cm³/mol. The zero-order valence-electron chi connectivity index (χ0n) is 11.9. The summed E-state index contributed by atoms with van der Waals surface area (Å²) in [6.45, 7) is 7.68. The molecule has 0 aliphatic heterocycles. The van der Waals surface area contributed by atoms with Crippen molar-refractivity contribution in [3.8, 4) is 5.75 Å². The summed E-state index contributed by atoms with van der Waals surface area (Å²) in [4.78, 5) is 22.3. The van der Waals surface area contributed by atoms with Crippen molar-refractivity contribution in [3.63, 3.8) is 0 Å². The van der Waals surface area contributed by atoms with Gasteiger partial charge in [0.25, 0.3) is 0 Å². The lowest BCUT2D eigenvalue weighted by Crippen LogP contribution is -2.10. The minimum Gasteiger partial charge on any atom is -0.463 e. The van der Waals surface area contributed by atoms with Crippen molar-refractivity contribution in [1.82, 2.24) is 0 Å². The van der Waals surface area contributed by atoms with Crippen LogP contribution in [0.2, 0.25) is 0 Å². The number of benzene rings is 1. The van der Waals surface area contributed by atoms with E-state index in [0.717, 1.165) is 6.08 Å². The van der Waals surface area contributed by atoms with Crippen LogP contribution >= 0.6 is 0 Å². The number of carbonyl (C=O) groups excluding carboxylic acids is 2. The molecule has 1 aromatic rings. The summed E-state index contributed by atoms with van der Waals surface area (Å²) in [5.41, 5.74) is 1.20. The maximum absolute atomic E-state index is 11.6. The van der Waals surface area contributed by atoms with Gasteiger partial charge in [0.15, 0.2) is 0 Å². The maximum Gasteiger partial charge on any atom is 0.330 e. The quantitative estimate of drug-likeness (QED) is 0.332. The standard InChI is InChI=1S/C16H20O4/c1-4-15(17)19-11-5-6-16(18)20-14-9-7-13(8-10-14)12(2)3/h4,7-10,12H,1,5-6,11H2,2-3H3. The first-order valence-electron chi connectivity index (χ1n) is 6.62. The summed E-state index contributed by atoms with van der Waals surface area (Å²) in [7, 11) is 0. The van der Waals surface area contributed by atoms with Crippen molar-refractivity contribution in [2.75, 3.05) is 6.61 Å². The van der Waals surface area contributed by atoms with Crippen LogP contribution in [0.15, 0.2) is 36.9 Å². The first-order valence-corrected chi connectivity index (χ1v) is 6.62. The summed E-state index contributed by atoms with van der Waals surface area (Å²) in [6, 6.07) is 7.45. The summed E-state index contributed by atoms with van der Waals surface area (Å²) < 4.78 is 9.95. The van der Waals surface area contributed by atoms with Gasteiger partial charge in [-0.15, -0.1) is 0 Å². The van der Waals surface area contributed by atoms with Gasteiger partial charge in [-0.05, 0) is 30.0 Å². The summed E-state index contributed by atoms with van der Waals surface area (Å²) in [5, 5.41) is 0.